The summed E-state index contributed by atoms with van der Waals surface area (Å²) in [5, 5.41) is 3.12. The van der Waals surface area contributed by atoms with Crippen molar-refractivity contribution >= 4 is 18.3 Å². The Hall–Kier alpha value is -1.46. The van der Waals surface area contributed by atoms with E-state index < -0.39 is 0 Å². The molecule has 1 amide bonds. The summed E-state index contributed by atoms with van der Waals surface area (Å²) in [6.07, 6.45) is 4.44. The Labute approximate surface area is 144 Å². The number of nitrogens with one attached hydrogen (secondary N) is 1. The van der Waals surface area contributed by atoms with Crippen LogP contribution in [0.1, 0.15) is 43.0 Å². The first-order valence-electron chi connectivity index (χ1n) is 8.01. The Morgan fingerprint density at radius 3 is 2.70 bits per heavy atom. The zero-order valence-corrected chi connectivity index (χ0v) is 14.7. The third-order valence-corrected chi connectivity index (χ3v) is 4.25. The monoisotopic (exact) mass is 342 g/mol. The third kappa shape index (κ3) is 5.01. The van der Waals surface area contributed by atoms with Crippen molar-refractivity contribution in [3.8, 4) is 11.5 Å². The van der Waals surface area contributed by atoms with Crippen molar-refractivity contribution in [1.82, 2.24) is 5.32 Å². The SMILES string of the molecule is CCOc1ccc(C(=O)NC2CCCCC2CN)cc1OC.Cl. The minimum absolute atomic E-state index is 0. The highest BCUT2D eigenvalue weighted by Gasteiger charge is 2.25. The van der Waals surface area contributed by atoms with Crippen molar-refractivity contribution in [2.75, 3.05) is 20.3 Å². The molecule has 23 heavy (non-hydrogen) atoms. The van der Waals surface area contributed by atoms with Crippen molar-refractivity contribution in [2.24, 2.45) is 11.7 Å². The van der Waals surface area contributed by atoms with Crippen LogP contribution in [0.4, 0.5) is 0 Å². The Kier molecular flexibility index (Phi) is 8.20. The molecule has 0 radical (unpaired) electrons. The van der Waals surface area contributed by atoms with Crippen LogP contribution < -0.4 is 20.5 Å². The van der Waals surface area contributed by atoms with Gasteiger partial charge in [-0.25, -0.2) is 0 Å². The first-order valence-corrected chi connectivity index (χ1v) is 8.01. The molecule has 1 fully saturated rings. The largest absolute Gasteiger partial charge is 0.493 e. The lowest BCUT2D eigenvalue weighted by molar-refractivity contribution is 0.0907. The van der Waals surface area contributed by atoms with Gasteiger partial charge in [0.05, 0.1) is 13.7 Å². The van der Waals surface area contributed by atoms with Gasteiger partial charge in [-0.2, -0.15) is 0 Å². The topological polar surface area (TPSA) is 73.6 Å². The van der Waals surface area contributed by atoms with E-state index in [4.69, 9.17) is 15.2 Å². The maximum absolute atomic E-state index is 12.5. The van der Waals surface area contributed by atoms with Gasteiger partial charge < -0.3 is 20.5 Å². The van der Waals surface area contributed by atoms with Crippen molar-refractivity contribution in [1.29, 1.82) is 0 Å². The molecule has 1 aromatic rings. The van der Waals surface area contributed by atoms with E-state index in [9.17, 15) is 4.79 Å². The molecule has 0 aliphatic heterocycles. The predicted molar refractivity (Wildman–Crippen MR) is 93.7 cm³/mol. The van der Waals surface area contributed by atoms with Crippen molar-refractivity contribution < 1.29 is 14.3 Å². The number of nitrogens with two attached hydrogens (primary N) is 1. The predicted octanol–water partition coefficient (Wildman–Crippen LogP) is 2.76. The fourth-order valence-corrected chi connectivity index (χ4v) is 3.02. The second-order valence-electron chi connectivity index (χ2n) is 5.66. The highest BCUT2D eigenvalue weighted by atomic mass is 35.5. The average Bonchev–Trinajstić information content (AvgIpc) is 2.56. The molecular formula is C17H27ClN2O3. The summed E-state index contributed by atoms with van der Waals surface area (Å²) in [6, 6.07) is 5.44. The fourth-order valence-electron chi connectivity index (χ4n) is 3.02. The van der Waals surface area contributed by atoms with Crippen molar-refractivity contribution in [2.45, 2.75) is 38.6 Å². The summed E-state index contributed by atoms with van der Waals surface area (Å²) >= 11 is 0. The van der Waals surface area contributed by atoms with Crippen LogP contribution in [0.15, 0.2) is 18.2 Å². The summed E-state index contributed by atoms with van der Waals surface area (Å²) in [5.74, 6) is 1.53. The molecule has 130 valence electrons. The number of carbonyl (C=O) groups is 1. The number of carbonyl (C=O) groups excluding carboxylic acids is 1. The van der Waals surface area contributed by atoms with Crippen LogP contribution in [-0.4, -0.2) is 32.2 Å². The van der Waals surface area contributed by atoms with E-state index >= 15 is 0 Å². The summed E-state index contributed by atoms with van der Waals surface area (Å²) in [4.78, 5) is 12.5. The zero-order chi connectivity index (χ0) is 15.9. The lowest BCUT2D eigenvalue weighted by atomic mass is 9.84. The zero-order valence-electron chi connectivity index (χ0n) is 13.8. The minimum atomic E-state index is -0.0771. The van der Waals surface area contributed by atoms with E-state index in [-0.39, 0.29) is 24.4 Å². The van der Waals surface area contributed by atoms with Gasteiger partial charge in [-0.05, 0) is 50.4 Å². The Balaban J connectivity index is 0.00000264. The van der Waals surface area contributed by atoms with E-state index in [0.29, 0.717) is 36.1 Å². The number of ether oxygens (including phenoxy) is 2. The van der Waals surface area contributed by atoms with Crippen LogP contribution >= 0.6 is 12.4 Å². The van der Waals surface area contributed by atoms with Gasteiger partial charge in [-0.1, -0.05) is 12.8 Å². The number of amides is 1. The molecule has 0 saturated heterocycles. The number of rotatable bonds is 6. The van der Waals surface area contributed by atoms with E-state index in [1.165, 1.54) is 6.42 Å². The maximum Gasteiger partial charge on any atom is 0.251 e. The number of methoxy groups -OCH3 is 1. The number of hydrogen-bond acceptors (Lipinski definition) is 4. The Morgan fingerprint density at radius 1 is 1.30 bits per heavy atom. The Bertz CT molecular complexity index is 511. The summed E-state index contributed by atoms with van der Waals surface area (Å²) in [6.45, 7) is 3.09. The molecule has 3 N–H and O–H groups in total. The van der Waals surface area contributed by atoms with Crippen LogP contribution in [0.3, 0.4) is 0 Å². The lowest BCUT2D eigenvalue weighted by Gasteiger charge is -2.31. The smallest absolute Gasteiger partial charge is 0.251 e. The molecule has 1 aliphatic carbocycles. The molecule has 0 bridgehead atoms. The number of hydrogen-bond donors (Lipinski definition) is 2. The van der Waals surface area contributed by atoms with Crippen LogP contribution in [0.5, 0.6) is 11.5 Å². The second-order valence-corrected chi connectivity index (χ2v) is 5.66. The average molecular weight is 343 g/mol. The molecule has 1 aliphatic rings. The van der Waals surface area contributed by atoms with Crippen LogP contribution in [0, 0.1) is 5.92 Å². The first kappa shape index (κ1) is 19.6. The van der Waals surface area contributed by atoms with E-state index in [1.807, 2.05) is 6.92 Å². The highest BCUT2D eigenvalue weighted by Crippen LogP contribution is 2.29. The van der Waals surface area contributed by atoms with Gasteiger partial charge in [-0.3, -0.25) is 4.79 Å². The Morgan fingerprint density at radius 2 is 2.04 bits per heavy atom. The molecule has 0 spiro atoms. The van der Waals surface area contributed by atoms with Gasteiger partial charge in [0.2, 0.25) is 0 Å². The minimum Gasteiger partial charge on any atom is -0.493 e. The molecule has 5 nitrogen and oxygen atoms in total. The molecule has 2 rings (SSSR count). The van der Waals surface area contributed by atoms with Gasteiger partial charge in [0, 0.05) is 11.6 Å². The van der Waals surface area contributed by atoms with E-state index in [1.54, 1.807) is 25.3 Å². The van der Waals surface area contributed by atoms with Gasteiger partial charge >= 0.3 is 0 Å². The normalized spacial score (nSPS) is 20.3. The van der Waals surface area contributed by atoms with Crippen LogP contribution in [0.25, 0.3) is 0 Å². The molecule has 2 unspecified atom stereocenters. The molecule has 0 heterocycles. The maximum atomic E-state index is 12.5. The van der Waals surface area contributed by atoms with Crippen LogP contribution in [0.2, 0.25) is 0 Å². The molecule has 6 heteroatoms. The highest BCUT2D eigenvalue weighted by molar-refractivity contribution is 5.95. The second kappa shape index (κ2) is 9.63. The van der Waals surface area contributed by atoms with Gasteiger partial charge in [0.15, 0.2) is 11.5 Å². The van der Waals surface area contributed by atoms with Crippen LogP contribution in [-0.2, 0) is 0 Å². The summed E-state index contributed by atoms with van der Waals surface area (Å²) < 4.78 is 10.8. The van der Waals surface area contributed by atoms with E-state index in [2.05, 4.69) is 5.32 Å². The standard InChI is InChI=1S/C17H26N2O3.ClH/c1-3-22-15-9-8-12(10-16(15)21-2)17(20)19-14-7-5-4-6-13(14)11-18;/h8-10,13-14H,3-7,11,18H2,1-2H3,(H,19,20);1H. The summed E-state index contributed by atoms with van der Waals surface area (Å²) in [7, 11) is 1.57. The lowest BCUT2D eigenvalue weighted by Crippen LogP contribution is -2.44. The first-order chi connectivity index (χ1) is 10.7. The molecule has 1 aromatic carbocycles. The van der Waals surface area contributed by atoms with Gasteiger partial charge in [-0.15, -0.1) is 12.4 Å². The molecule has 2 atom stereocenters. The van der Waals surface area contributed by atoms with Crippen molar-refractivity contribution in [3.05, 3.63) is 23.8 Å². The molecule has 0 aromatic heterocycles. The molecular weight excluding hydrogens is 316 g/mol. The molecule has 1 saturated carbocycles. The van der Waals surface area contributed by atoms with Gasteiger partial charge in [0.25, 0.3) is 5.91 Å². The summed E-state index contributed by atoms with van der Waals surface area (Å²) in [5.41, 5.74) is 6.40. The van der Waals surface area contributed by atoms with E-state index in [0.717, 1.165) is 19.3 Å². The quantitative estimate of drug-likeness (QED) is 0.833. The fraction of sp³-hybridized carbons (Fsp3) is 0.588. The van der Waals surface area contributed by atoms with Crippen molar-refractivity contribution in [3.63, 3.8) is 0 Å². The van der Waals surface area contributed by atoms with Gasteiger partial charge in [0.1, 0.15) is 0 Å². The number of benzene rings is 1. The number of halogens is 1. The third-order valence-electron chi connectivity index (χ3n) is 4.25.